The molecule has 10 heteroatoms. The lowest BCUT2D eigenvalue weighted by molar-refractivity contribution is -0.140. The number of ether oxygens (including phenoxy) is 3. The molecule has 0 aliphatic carbocycles. The zero-order valence-corrected chi connectivity index (χ0v) is 25.5. The first-order chi connectivity index (χ1) is 19.8. The minimum absolute atomic E-state index is 0.0760. The third-order valence-corrected chi connectivity index (χ3v) is 7.88. The Morgan fingerprint density at radius 1 is 1.12 bits per heavy atom. The molecule has 0 saturated heterocycles. The van der Waals surface area contributed by atoms with E-state index < -0.39 is 12.0 Å². The molecule has 1 atom stereocenters. The van der Waals surface area contributed by atoms with Crippen LogP contribution < -0.4 is 19.6 Å². The number of methoxy groups -OCH3 is 1. The molecule has 0 spiro atoms. The molecule has 0 amide bonds. The van der Waals surface area contributed by atoms with Gasteiger partial charge < -0.3 is 18.6 Å². The van der Waals surface area contributed by atoms with Crippen LogP contribution in [-0.4, -0.2) is 37.0 Å². The van der Waals surface area contributed by atoms with Crippen LogP contribution in [0.15, 0.2) is 90.6 Å². The number of thiazole rings is 1. The van der Waals surface area contributed by atoms with Gasteiger partial charge in [-0.15, -0.1) is 0 Å². The Balaban J connectivity index is 1.63. The molecule has 5 rings (SSSR count). The van der Waals surface area contributed by atoms with Gasteiger partial charge in [0.05, 0.1) is 28.5 Å². The van der Waals surface area contributed by atoms with Crippen LogP contribution in [0.25, 0.3) is 17.4 Å². The first kappa shape index (κ1) is 28.8. The summed E-state index contributed by atoms with van der Waals surface area (Å²) in [5.41, 5.74) is 2.03. The van der Waals surface area contributed by atoms with Crippen LogP contribution in [0.2, 0.25) is 0 Å². The number of carbonyl (C=O) groups is 1. The van der Waals surface area contributed by atoms with E-state index in [0.717, 1.165) is 10.0 Å². The summed E-state index contributed by atoms with van der Waals surface area (Å²) in [5, 5.41) is 0. The summed E-state index contributed by atoms with van der Waals surface area (Å²) in [6.45, 7) is 5.93. The Bertz CT molecular complexity index is 1780. The van der Waals surface area contributed by atoms with Crippen molar-refractivity contribution >= 4 is 39.3 Å². The Hall–Kier alpha value is -3.73. The minimum Gasteiger partial charge on any atom is -0.491 e. The zero-order chi connectivity index (χ0) is 29.1. The number of halogens is 1. The van der Waals surface area contributed by atoms with E-state index in [9.17, 15) is 9.59 Å². The number of aromatic nitrogens is 1. The molecular weight excluding hydrogens is 608 g/mol. The molecule has 0 saturated carbocycles. The van der Waals surface area contributed by atoms with Crippen molar-refractivity contribution in [2.45, 2.75) is 32.9 Å². The average Bonchev–Trinajstić information content (AvgIpc) is 3.53. The normalized spacial score (nSPS) is 15.2. The van der Waals surface area contributed by atoms with Gasteiger partial charge in [0.25, 0.3) is 5.56 Å². The molecule has 0 unspecified atom stereocenters. The Morgan fingerprint density at radius 3 is 2.61 bits per heavy atom. The highest BCUT2D eigenvalue weighted by Gasteiger charge is 2.35. The van der Waals surface area contributed by atoms with Gasteiger partial charge in [0.2, 0.25) is 0 Å². The minimum atomic E-state index is -0.798. The van der Waals surface area contributed by atoms with Gasteiger partial charge in [-0.2, -0.15) is 0 Å². The second-order valence-electron chi connectivity index (χ2n) is 9.62. The summed E-state index contributed by atoms with van der Waals surface area (Å²) in [6, 6.07) is 18.1. The number of hydrogen-bond donors (Lipinski definition) is 0. The van der Waals surface area contributed by atoms with E-state index in [1.165, 1.54) is 23.0 Å². The van der Waals surface area contributed by atoms with Crippen LogP contribution in [0.4, 0.5) is 0 Å². The fourth-order valence-corrected chi connectivity index (χ4v) is 5.86. The van der Waals surface area contributed by atoms with Crippen LogP contribution in [0, 0.1) is 0 Å². The predicted molar refractivity (Wildman–Crippen MR) is 161 cm³/mol. The van der Waals surface area contributed by atoms with Crippen molar-refractivity contribution in [3.63, 3.8) is 0 Å². The molecule has 1 aliphatic rings. The maximum Gasteiger partial charge on any atom is 0.338 e. The van der Waals surface area contributed by atoms with Gasteiger partial charge in [0.15, 0.2) is 4.80 Å². The molecule has 0 radical (unpaired) electrons. The lowest BCUT2D eigenvalue weighted by Crippen LogP contribution is -2.40. The SMILES string of the molecule is COCCOC(=O)C1=C(C)N=c2s/c(=C/c3ccc(-c4ccc(Br)cc4)o3)c(=O)n2[C@H]1c1ccccc1OC(C)C. The van der Waals surface area contributed by atoms with Gasteiger partial charge in [0, 0.05) is 28.8 Å². The third kappa shape index (κ3) is 6.14. The lowest BCUT2D eigenvalue weighted by atomic mass is 9.95. The van der Waals surface area contributed by atoms with Crippen molar-refractivity contribution in [3.8, 4) is 17.1 Å². The van der Waals surface area contributed by atoms with Gasteiger partial charge in [-0.3, -0.25) is 9.36 Å². The van der Waals surface area contributed by atoms with Gasteiger partial charge in [-0.1, -0.05) is 57.6 Å². The largest absolute Gasteiger partial charge is 0.491 e. The van der Waals surface area contributed by atoms with Gasteiger partial charge in [-0.25, -0.2) is 9.79 Å². The second-order valence-corrected chi connectivity index (χ2v) is 11.5. The van der Waals surface area contributed by atoms with E-state index in [1.54, 1.807) is 13.0 Å². The quantitative estimate of drug-likeness (QED) is 0.184. The standard InChI is InChI=1S/C31H29BrN2O6S/c1-18(2)39-25-8-6-5-7-23(25)28-27(30(36)38-16-15-37-4)19(3)33-31-34(28)29(35)26(41-31)17-22-13-14-24(40-22)20-9-11-21(32)12-10-20/h5-14,17-18,28H,15-16H2,1-4H3/b26-17+/t28-/m0/s1. The summed E-state index contributed by atoms with van der Waals surface area (Å²) in [6.07, 6.45) is 1.59. The summed E-state index contributed by atoms with van der Waals surface area (Å²) < 4.78 is 25.7. The Labute approximate surface area is 249 Å². The molecule has 0 bridgehead atoms. The molecule has 0 fully saturated rings. The molecule has 3 heterocycles. The van der Waals surface area contributed by atoms with Crippen LogP contribution >= 0.6 is 27.3 Å². The second kappa shape index (κ2) is 12.4. The Morgan fingerprint density at radius 2 is 1.88 bits per heavy atom. The predicted octanol–water partition coefficient (Wildman–Crippen LogP) is 5.23. The monoisotopic (exact) mass is 636 g/mol. The van der Waals surface area contributed by atoms with E-state index in [-0.39, 0.29) is 30.5 Å². The van der Waals surface area contributed by atoms with E-state index in [0.29, 0.717) is 37.9 Å². The van der Waals surface area contributed by atoms with Crippen LogP contribution in [0.3, 0.4) is 0 Å². The zero-order valence-electron chi connectivity index (χ0n) is 23.0. The number of carbonyl (C=O) groups excluding carboxylic acids is 1. The molecule has 1 aliphatic heterocycles. The number of allylic oxidation sites excluding steroid dienone is 1. The highest BCUT2D eigenvalue weighted by Crippen LogP contribution is 2.36. The number of furan rings is 1. The van der Waals surface area contributed by atoms with Crippen molar-refractivity contribution in [1.29, 1.82) is 0 Å². The van der Waals surface area contributed by atoms with E-state index >= 15 is 0 Å². The van der Waals surface area contributed by atoms with E-state index in [2.05, 4.69) is 20.9 Å². The van der Waals surface area contributed by atoms with Crippen molar-refractivity contribution in [1.82, 2.24) is 4.57 Å². The number of rotatable bonds is 9. The number of hydrogen-bond acceptors (Lipinski definition) is 8. The molecule has 4 aromatic rings. The summed E-state index contributed by atoms with van der Waals surface area (Å²) >= 11 is 4.68. The molecule has 2 aromatic heterocycles. The van der Waals surface area contributed by atoms with Crippen molar-refractivity contribution in [2.75, 3.05) is 20.3 Å². The first-order valence-corrected chi connectivity index (χ1v) is 14.7. The smallest absolute Gasteiger partial charge is 0.338 e. The molecule has 0 N–H and O–H groups in total. The van der Waals surface area contributed by atoms with Crippen molar-refractivity contribution < 1.29 is 23.4 Å². The number of para-hydroxylation sites is 1. The molecule has 2 aromatic carbocycles. The molecule has 8 nitrogen and oxygen atoms in total. The van der Waals surface area contributed by atoms with Crippen LogP contribution in [0.5, 0.6) is 5.75 Å². The van der Waals surface area contributed by atoms with E-state index in [4.69, 9.17) is 18.6 Å². The maximum absolute atomic E-state index is 14.0. The highest BCUT2D eigenvalue weighted by atomic mass is 79.9. The maximum atomic E-state index is 14.0. The summed E-state index contributed by atoms with van der Waals surface area (Å²) in [4.78, 5) is 32.5. The fraction of sp³-hybridized carbons (Fsp3) is 0.258. The summed E-state index contributed by atoms with van der Waals surface area (Å²) in [7, 11) is 1.53. The molecule has 41 heavy (non-hydrogen) atoms. The van der Waals surface area contributed by atoms with Gasteiger partial charge in [0.1, 0.15) is 29.9 Å². The lowest BCUT2D eigenvalue weighted by Gasteiger charge is -2.27. The molecule has 212 valence electrons. The topological polar surface area (TPSA) is 92.3 Å². The highest BCUT2D eigenvalue weighted by molar-refractivity contribution is 9.10. The number of benzene rings is 2. The average molecular weight is 638 g/mol. The Kier molecular flexibility index (Phi) is 8.72. The number of esters is 1. The molecular formula is C31H29BrN2O6S. The fourth-order valence-electron chi connectivity index (χ4n) is 4.57. The first-order valence-electron chi connectivity index (χ1n) is 13.1. The number of nitrogens with zero attached hydrogens (tertiary/aromatic N) is 2. The summed E-state index contributed by atoms with van der Waals surface area (Å²) in [5.74, 6) is 1.23. The van der Waals surface area contributed by atoms with Crippen molar-refractivity contribution in [2.24, 2.45) is 4.99 Å². The van der Waals surface area contributed by atoms with Gasteiger partial charge >= 0.3 is 5.97 Å². The number of fused-ring (bicyclic) bond motifs is 1. The third-order valence-electron chi connectivity index (χ3n) is 6.37. The van der Waals surface area contributed by atoms with Gasteiger partial charge in [-0.05, 0) is 51.1 Å². The van der Waals surface area contributed by atoms with E-state index in [1.807, 2.05) is 74.5 Å². The van der Waals surface area contributed by atoms with Crippen molar-refractivity contribution in [3.05, 3.63) is 107 Å². The van der Waals surface area contributed by atoms with Crippen LogP contribution in [-0.2, 0) is 14.3 Å². The van der Waals surface area contributed by atoms with Crippen LogP contribution in [0.1, 0.15) is 38.1 Å².